The summed E-state index contributed by atoms with van der Waals surface area (Å²) in [5.41, 5.74) is -1.04. The van der Waals surface area contributed by atoms with Gasteiger partial charge in [-0.25, -0.2) is 4.98 Å². The highest BCUT2D eigenvalue weighted by atomic mass is 19.4. The molecule has 0 aliphatic carbocycles. The minimum atomic E-state index is -6.63. The van der Waals surface area contributed by atoms with Gasteiger partial charge in [0.1, 0.15) is 5.82 Å². The molecule has 1 saturated heterocycles. The molecule has 1 aliphatic rings. The number of carbonyl (C=O) groups is 1. The number of carbonyl (C=O) groups excluding carboxylic acids is 1. The van der Waals surface area contributed by atoms with Crippen LogP contribution < -0.4 is 4.90 Å². The maximum Gasteiger partial charge on any atom is 0.460 e. The summed E-state index contributed by atoms with van der Waals surface area (Å²) in [4.78, 5) is 16.5. The quantitative estimate of drug-likeness (QED) is 0.693. The van der Waals surface area contributed by atoms with Crippen LogP contribution in [-0.2, 0) is 11.0 Å². The molecule has 28 heavy (non-hydrogen) atoms. The standard InChI is InChI=1S/C14H11F10N3O/c15-11(16,13(20,21)14(22,23)24)10(28)27-5-3-26(4-6-27)9-2-1-8(7-25-9)12(17,18)19/h1-2,7H,3-6H2. The Labute approximate surface area is 150 Å². The van der Waals surface area contributed by atoms with Gasteiger partial charge in [-0.3, -0.25) is 4.79 Å². The number of halogens is 10. The third-order valence-corrected chi connectivity index (χ3v) is 3.99. The lowest BCUT2D eigenvalue weighted by atomic mass is 10.1. The summed E-state index contributed by atoms with van der Waals surface area (Å²) in [5.74, 6) is -15.2. The van der Waals surface area contributed by atoms with Crippen molar-refractivity contribution in [2.75, 3.05) is 31.1 Å². The zero-order chi connectivity index (χ0) is 21.5. The van der Waals surface area contributed by atoms with E-state index in [2.05, 4.69) is 4.98 Å². The molecule has 0 atom stereocenters. The van der Waals surface area contributed by atoms with Crippen molar-refractivity contribution >= 4 is 11.7 Å². The number of rotatable bonds is 3. The lowest BCUT2D eigenvalue weighted by Gasteiger charge is -2.38. The molecule has 0 aromatic carbocycles. The molecule has 4 nitrogen and oxygen atoms in total. The van der Waals surface area contributed by atoms with Gasteiger partial charge >= 0.3 is 24.2 Å². The number of nitrogens with zero attached hydrogens (tertiary/aromatic N) is 3. The fraction of sp³-hybridized carbons (Fsp3) is 0.571. The smallest absolute Gasteiger partial charge is 0.353 e. The van der Waals surface area contributed by atoms with E-state index in [1.165, 1.54) is 4.90 Å². The minimum Gasteiger partial charge on any atom is -0.353 e. The average Bonchev–Trinajstić information content (AvgIpc) is 2.59. The minimum absolute atomic E-state index is 0.00696. The molecule has 1 fully saturated rings. The maximum absolute atomic E-state index is 13.5. The molecule has 0 spiro atoms. The molecule has 1 aromatic rings. The van der Waals surface area contributed by atoms with Crippen molar-refractivity contribution in [1.29, 1.82) is 0 Å². The predicted molar refractivity (Wildman–Crippen MR) is 74.0 cm³/mol. The Kier molecular flexibility index (Phi) is 5.47. The van der Waals surface area contributed by atoms with Gasteiger partial charge in [0.2, 0.25) is 0 Å². The topological polar surface area (TPSA) is 36.4 Å². The van der Waals surface area contributed by atoms with Gasteiger partial charge in [-0.05, 0) is 12.1 Å². The van der Waals surface area contributed by atoms with E-state index in [1.54, 1.807) is 0 Å². The van der Waals surface area contributed by atoms with Crippen LogP contribution in [0.1, 0.15) is 5.56 Å². The first kappa shape index (κ1) is 22.0. The third-order valence-electron chi connectivity index (χ3n) is 3.99. The number of piperazine rings is 1. The Morgan fingerprint density at radius 1 is 0.857 bits per heavy atom. The number of hydrogen-bond donors (Lipinski definition) is 0. The van der Waals surface area contributed by atoms with E-state index in [9.17, 15) is 48.7 Å². The van der Waals surface area contributed by atoms with Gasteiger partial charge in [0, 0.05) is 32.4 Å². The number of alkyl halides is 10. The molecule has 0 bridgehead atoms. The first-order valence-corrected chi connectivity index (χ1v) is 7.49. The molecule has 2 rings (SSSR count). The second-order valence-corrected chi connectivity index (χ2v) is 5.83. The van der Waals surface area contributed by atoms with Crippen LogP contribution in [0.25, 0.3) is 0 Å². The third kappa shape index (κ3) is 3.94. The Bertz CT molecular complexity index is 706. The predicted octanol–water partition coefficient (Wildman–Crippen LogP) is 3.58. The average molecular weight is 427 g/mol. The molecule has 1 aromatic heterocycles. The summed E-state index contributed by atoms with van der Waals surface area (Å²) in [6, 6.07) is 1.69. The van der Waals surface area contributed by atoms with Crippen molar-refractivity contribution in [1.82, 2.24) is 9.88 Å². The van der Waals surface area contributed by atoms with Crippen LogP contribution in [0.5, 0.6) is 0 Å². The summed E-state index contributed by atoms with van der Waals surface area (Å²) >= 11 is 0. The molecule has 0 unspecified atom stereocenters. The highest BCUT2D eigenvalue weighted by Crippen LogP contribution is 2.47. The van der Waals surface area contributed by atoms with Crippen molar-refractivity contribution in [3.8, 4) is 0 Å². The SMILES string of the molecule is O=C(N1CCN(c2ccc(C(F)(F)F)cn2)CC1)C(F)(F)C(F)(F)C(F)(F)F. The molecule has 14 heteroatoms. The van der Waals surface area contributed by atoms with Gasteiger partial charge in [0.05, 0.1) is 5.56 Å². The lowest BCUT2D eigenvalue weighted by molar-refractivity contribution is -0.346. The first-order valence-electron chi connectivity index (χ1n) is 7.49. The molecular formula is C14H11F10N3O. The van der Waals surface area contributed by atoms with Gasteiger partial charge in [0.25, 0.3) is 5.91 Å². The first-order chi connectivity index (χ1) is 12.6. The van der Waals surface area contributed by atoms with E-state index in [1.807, 2.05) is 0 Å². The highest BCUT2D eigenvalue weighted by Gasteiger charge is 2.76. The number of aromatic nitrogens is 1. The summed E-state index contributed by atoms with van der Waals surface area (Å²) < 4.78 is 127. The van der Waals surface area contributed by atoms with Gasteiger partial charge in [-0.15, -0.1) is 0 Å². The Hall–Kier alpha value is -2.28. The van der Waals surface area contributed by atoms with E-state index in [4.69, 9.17) is 0 Å². The fourth-order valence-electron chi connectivity index (χ4n) is 2.39. The molecule has 0 radical (unpaired) electrons. The van der Waals surface area contributed by atoms with Crippen LogP contribution in [-0.4, -0.2) is 60.0 Å². The van der Waals surface area contributed by atoms with E-state index < -0.39 is 48.8 Å². The molecule has 1 amide bonds. The van der Waals surface area contributed by atoms with Crippen molar-refractivity contribution in [2.24, 2.45) is 0 Å². The summed E-state index contributed by atoms with van der Waals surface area (Å²) in [5, 5.41) is 0. The maximum atomic E-state index is 13.5. The largest absolute Gasteiger partial charge is 0.460 e. The van der Waals surface area contributed by atoms with Crippen LogP contribution in [0.4, 0.5) is 49.7 Å². The number of amides is 1. The second kappa shape index (κ2) is 6.95. The molecular weight excluding hydrogens is 416 g/mol. The summed E-state index contributed by atoms with van der Waals surface area (Å²) in [6.07, 6.45) is -10.7. The van der Waals surface area contributed by atoms with Gasteiger partial charge < -0.3 is 9.80 Å². The Balaban J connectivity index is 2.06. The number of anilines is 1. The summed E-state index contributed by atoms with van der Waals surface area (Å²) in [6.45, 7) is -1.91. The van der Waals surface area contributed by atoms with Crippen LogP contribution in [0.3, 0.4) is 0 Å². The summed E-state index contributed by atoms with van der Waals surface area (Å²) in [7, 11) is 0. The van der Waals surface area contributed by atoms with Crippen LogP contribution >= 0.6 is 0 Å². The zero-order valence-corrected chi connectivity index (χ0v) is 13.6. The van der Waals surface area contributed by atoms with Crippen molar-refractivity contribution in [3.63, 3.8) is 0 Å². The lowest BCUT2D eigenvalue weighted by Crippen LogP contribution is -2.62. The van der Waals surface area contributed by atoms with Gasteiger partial charge in [0.15, 0.2) is 0 Å². The molecule has 0 N–H and O–H groups in total. The Morgan fingerprint density at radius 3 is 1.79 bits per heavy atom. The van der Waals surface area contributed by atoms with Crippen LogP contribution in [0, 0.1) is 0 Å². The van der Waals surface area contributed by atoms with Crippen LogP contribution in [0.15, 0.2) is 18.3 Å². The molecule has 158 valence electrons. The van der Waals surface area contributed by atoms with Crippen LogP contribution in [0.2, 0.25) is 0 Å². The monoisotopic (exact) mass is 427 g/mol. The number of hydrogen-bond acceptors (Lipinski definition) is 3. The van der Waals surface area contributed by atoms with E-state index in [-0.39, 0.29) is 23.8 Å². The zero-order valence-electron chi connectivity index (χ0n) is 13.6. The fourth-order valence-corrected chi connectivity index (χ4v) is 2.39. The highest BCUT2D eigenvalue weighted by molar-refractivity contribution is 5.85. The van der Waals surface area contributed by atoms with Gasteiger partial charge in [-0.1, -0.05) is 0 Å². The van der Waals surface area contributed by atoms with E-state index >= 15 is 0 Å². The van der Waals surface area contributed by atoms with E-state index in [0.29, 0.717) is 12.3 Å². The Morgan fingerprint density at radius 2 is 1.39 bits per heavy atom. The molecule has 1 aliphatic heterocycles. The van der Waals surface area contributed by atoms with Crippen molar-refractivity contribution in [2.45, 2.75) is 24.2 Å². The second-order valence-electron chi connectivity index (χ2n) is 5.83. The normalized spacial score (nSPS) is 17.1. The number of pyridine rings is 1. The molecule has 2 heterocycles. The van der Waals surface area contributed by atoms with Crippen molar-refractivity contribution < 1.29 is 48.7 Å². The van der Waals surface area contributed by atoms with Crippen molar-refractivity contribution in [3.05, 3.63) is 23.9 Å². The van der Waals surface area contributed by atoms with E-state index in [0.717, 1.165) is 6.07 Å². The molecule has 0 saturated carbocycles. The van der Waals surface area contributed by atoms with Gasteiger partial charge in [-0.2, -0.15) is 43.9 Å².